The summed E-state index contributed by atoms with van der Waals surface area (Å²) < 4.78 is 1.90. The maximum atomic E-state index is 12.5. The molecule has 2 saturated carbocycles. The Bertz CT molecular complexity index is 573. The van der Waals surface area contributed by atoms with Gasteiger partial charge in [-0.3, -0.25) is 4.79 Å². The second kappa shape index (κ2) is 7.07. The summed E-state index contributed by atoms with van der Waals surface area (Å²) in [7, 11) is 0. The number of nitrogens with one attached hydrogen (secondary N) is 1. The number of carbonyl (C=O) groups excluding carboxylic acids is 1. The molecule has 2 aliphatic rings. The molecule has 0 aromatic carbocycles. The van der Waals surface area contributed by atoms with E-state index in [1.807, 2.05) is 11.5 Å². The first kappa shape index (κ1) is 16.6. The van der Waals surface area contributed by atoms with Gasteiger partial charge in [0.25, 0.3) is 0 Å². The summed E-state index contributed by atoms with van der Waals surface area (Å²) in [6.07, 6.45) is 8.89. The Balaban J connectivity index is 1.53. The van der Waals surface area contributed by atoms with Crippen molar-refractivity contribution in [2.45, 2.75) is 62.5 Å². The molecule has 0 aliphatic heterocycles. The molecule has 0 unspecified atom stereocenters. The second-order valence-corrected chi connectivity index (χ2v) is 8.26. The maximum absolute atomic E-state index is 12.5. The third-order valence-corrected chi connectivity index (χ3v) is 6.46. The molecule has 1 aromatic heterocycles. The molecule has 2 fully saturated rings. The normalized spacial score (nSPS) is 28.5. The molecular formula is C17H26N4OS. The third-order valence-electron chi connectivity index (χ3n) is 5.36. The summed E-state index contributed by atoms with van der Waals surface area (Å²) in [5.41, 5.74) is 0. The minimum absolute atomic E-state index is 0.0958. The largest absolute Gasteiger partial charge is 0.352 e. The number of thioether (sulfide) groups is 1. The molecule has 2 aliphatic carbocycles. The summed E-state index contributed by atoms with van der Waals surface area (Å²) in [6.45, 7) is 8.48. The van der Waals surface area contributed by atoms with Crippen molar-refractivity contribution in [3.63, 3.8) is 0 Å². The van der Waals surface area contributed by atoms with E-state index in [1.165, 1.54) is 37.4 Å². The predicted molar refractivity (Wildman–Crippen MR) is 92.1 cm³/mol. The Kier molecular flexibility index (Phi) is 5.09. The average molecular weight is 334 g/mol. The number of allylic oxidation sites excluding steroid dienone is 1. The Morgan fingerprint density at radius 1 is 1.52 bits per heavy atom. The molecule has 0 spiro atoms. The fraction of sp³-hybridized carbons (Fsp3) is 0.706. The number of rotatable bonds is 7. The molecule has 0 saturated heterocycles. The number of carbonyl (C=O) groups is 1. The lowest BCUT2D eigenvalue weighted by Gasteiger charge is -2.29. The molecule has 1 amide bonds. The van der Waals surface area contributed by atoms with Crippen molar-refractivity contribution < 1.29 is 4.79 Å². The molecule has 5 atom stereocenters. The molecule has 1 aromatic rings. The lowest BCUT2D eigenvalue weighted by Crippen LogP contribution is -2.43. The molecule has 1 N–H and O–H groups in total. The van der Waals surface area contributed by atoms with Gasteiger partial charge in [0.15, 0.2) is 5.16 Å². The van der Waals surface area contributed by atoms with Gasteiger partial charge in [-0.05, 0) is 50.9 Å². The van der Waals surface area contributed by atoms with E-state index in [4.69, 9.17) is 0 Å². The van der Waals surface area contributed by atoms with Crippen molar-refractivity contribution in [3.8, 4) is 0 Å². The zero-order valence-electron chi connectivity index (χ0n) is 13.9. The van der Waals surface area contributed by atoms with Crippen molar-refractivity contribution in [1.29, 1.82) is 0 Å². The zero-order valence-corrected chi connectivity index (χ0v) is 14.8. The SMILES string of the molecule is C=CCn1cnnc1S[C@H](C)C(=O)N[C@H](C)[C@@H]1C[C@H]2CC[C@H]1C2. The molecule has 2 bridgehead atoms. The van der Waals surface area contributed by atoms with Gasteiger partial charge in [-0.25, -0.2) is 0 Å². The van der Waals surface area contributed by atoms with Gasteiger partial charge in [0.1, 0.15) is 6.33 Å². The Morgan fingerprint density at radius 3 is 3.00 bits per heavy atom. The first-order chi connectivity index (χ1) is 11.1. The van der Waals surface area contributed by atoms with E-state index in [2.05, 4.69) is 29.0 Å². The molecule has 6 heteroatoms. The first-order valence-electron chi connectivity index (χ1n) is 8.54. The van der Waals surface area contributed by atoms with Crippen molar-refractivity contribution >= 4 is 17.7 Å². The quantitative estimate of drug-likeness (QED) is 0.615. The van der Waals surface area contributed by atoms with Gasteiger partial charge in [0.2, 0.25) is 5.91 Å². The van der Waals surface area contributed by atoms with Crippen molar-refractivity contribution in [2.24, 2.45) is 17.8 Å². The van der Waals surface area contributed by atoms with Crippen LogP contribution in [-0.2, 0) is 11.3 Å². The van der Waals surface area contributed by atoms with Gasteiger partial charge in [-0.1, -0.05) is 24.3 Å². The van der Waals surface area contributed by atoms with Gasteiger partial charge in [-0.15, -0.1) is 16.8 Å². The number of nitrogens with zero attached hydrogens (tertiary/aromatic N) is 3. The van der Waals surface area contributed by atoms with Crippen LogP contribution in [0.1, 0.15) is 39.5 Å². The van der Waals surface area contributed by atoms with Crippen LogP contribution in [0.5, 0.6) is 0 Å². The molecular weight excluding hydrogens is 308 g/mol. The van der Waals surface area contributed by atoms with E-state index in [1.54, 1.807) is 12.4 Å². The highest BCUT2D eigenvalue weighted by atomic mass is 32.2. The van der Waals surface area contributed by atoms with Crippen LogP contribution in [0.4, 0.5) is 0 Å². The fourth-order valence-electron chi connectivity index (χ4n) is 4.17. The smallest absolute Gasteiger partial charge is 0.233 e. The number of hydrogen-bond donors (Lipinski definition) is 1. The Hall–Kier alpha value is -1.30. The minimum atomic E-state index is -0.177. The van der Waals surface area contributed by atoms with Gasteiger partial charge in [-0.2, -0.15) is 0 Å². The van der Waals surface area contributed by atoms with E-state index < -0.39 is 0 Å². The number of hydrogen-bond acceptors (Lipinski definition) is 4. The van der Waals surface area contributed by atoms with Crippen LogP contribution in [0, 0.1) is 17.8 Å². The lowest BCUT2D eigenvalue weighted by atomic mass is 9.84. The van der Waals surface area contributed by atoms with Crippen LogP contribution in [-0.4, -0.2) is 32.0 Å². The standard InChI is InChI=1S/C17H26N4OS/c1-4-7-21-10-18-20-17(21)23-12(3)16(22)19-11(2)15-9-13-5-6-14(15)8-13/h4,10-15H,1,5-9H2,2-3H3,(H,19,22)/t11-,12-,13+,14+,15+/m1/s1. The van der Waals surface area contributed by atoms with E-state index in [-0.39, 0.29) is 17.2 Å². The second-order valence-electron chi connectivity index (χ2n) is 6.95. The average Bonchev–Trinajstić information content (AvgIpc) is 3.24. The van der Waals surface area contributed by atoms with Crippen LogP contribution in [0.2, 0.25) is 0 Å². The highest BCUT2D eigenvalue weighted by Gasteiger charge is 2.42. The van der Waals surface area contributed by atoms with E-state index in [0.29, 0.717) is 12.5 Å². The van der Waals surface area contributed by atoms with Crippen molar-refractivity contribution in [3.05, 3.63) is 19.0 Å². The minimum Gasteiger partial charge on any atom is -0.352 e. The van der Waals surface area contributed by atoms with Gasteiger partial charge in [0.05, 0.1) is 5.25 Å². The first-order valence-corrected chi connectivity index (χ1v) is 9.42. The van der Waals surface area contributed by atoms with E-state index in [9.17, 15) is 4.79 Å². The van der Waals surface area contributed by atoms with Crippen LogP contribution >= 0.6 is 11.8 Å². The highest BCUT2D eigenvalue weighted by Crippen LogP contribution is 2.49. The molecule has 23 heavy (non-hydrogen) atoms. The predicted octanol–water partition coefficient (Wildman–Crippen LogP) is 2.89. The van der Waals surface area contributed by atoms with E-state index >= 15 is 0 Å². The van der Waals surface area contributed by atoms with Crippen LogP contribution in [0.25, 0.3) is 0 Å². The summed E-state index contributed by atoms with van der Waals surface area (Å²) in [4.78, 5) is 12.5. The Morgan fingerprint density at radius 2 is 2.35 bits per heavy atom. The van der Waals surface area contributed by atoms with E-state index in [0.717, 1.165) is 17.0 Å². The van der Waals surface area contributed by atoms with Gasteiger partial charge >= 0.3 is 0 Å². The number of amides is 1. The fourth-order valence-corrected chi connectivity index (χ4v) is 5.01. The summed E-state index contributed by atoms with van der Waals surface area (Å²) in [5.74, 6) is 2.50. The molecule has 126 valence electrons. The van der Waals surface area contributed by atoms with Gasteiger partial charge in [0, 0.05) is 12.6 Å². The van der Waals surface area contributed by atoms with Crippen molar-refractivity contribution in [2.75, 3.05) is 0 Å². The summed E-state index contributed by atoms with van der Waals surface area (Å²) in [5, 5.41) is 11.8. The third kappa shape index (κ3) is 3.62. The van der Waals surface area contributed by atoms with Gasteiger partial charge < -0.3 is 9.88 Å². The molecule has 0 radical (unpaired) electrons. The number of aromatic nitrogens is 3. The topological polar surface area (TPSA) is 59.8 Å². The molecule has 3 rings (SSSR count). The summed E-state index contributed by atoms with van der Waals surface area (Å²) >= 11 is 1.45. The maximum Gasteiger partial charge on any atom is 0.233 e. The number of fused-ring (bicyclic) bond motifs is 2. The Labute approximate surface area is 142 Å². The lowest BCUT2D eigenvalue weighted by molar-refractivity contribution is -0.121. The van der Waals surface area contributed by atoms with Crippen LogP contribution in [0.15, 0.2) is 24.1 Å². The van der Waals surface area contributed by atoms with Crippen LogP contribution < -0.4 is 5.32 Å². The zero-order chi connectivity index (χ0) is 16.4. The molecule has 1 heterocycles. The summed E-state index contributed by atoms with van der Waals surface area (Å²) in [6, 6.07) is 0.270. The van der Waals surface area contributed by atoms with Crippen molar-refractivity contribution in [1.82, 2.24) is 20.1 Å². The van der Waals surface area contributed by atoms with Crippen LogP contribution in [0.3, 0.4) is 0 Å². The highest BCUT2D eigenvalue weighted by molar-refractivity contribution is 8.00. The monoisotopic (exact) mass is 334 g/mol. The molecule has 5 nitrogen and oxygen atoms in total.